The van der Waals surface area contributed by atoms with Gasteiger partial charge in [-0.2, -0.15) is 28.4 Å². The fourth-order valence-corrected chi connectivity index (χ4v) is 8.19. The lowest BCUT2D eigenvalue weighted by Gasteiger charge is -2.22. The molecule has 2 aromatic heterocycles. The monoisotopic (exact) mass is 794 g/mol. The lowest BCUT2D eigenvalue weighted by atomic mass is 9.92. The van der Waals surface area contributed by atoms with Crippen LogP contribution in [0, 0.1) is 23.0 Å². The quantitative estimate of drug-likeness (QED) is 0.141. The minimum atomic E-state index is -5.00. The number of amides is 1. The molecule has 0 radical (unpaired) electrons. The van der Waals surface area contributed by atoms with E-state index in [1.54, 1.807) is 13.0 Å². The zero-order chi connectivity index (χ0) is 40.6. The van der Waals surface area contributed by atoms with E-state index in [4.69, 9.17) is 10.5 Å². The second kappa shape index (κ2) is 19.0. The van der Waals surface area contributed by atoms with Gasteiger partial charge in [0.2, 0.25) is 6.41 Å². The summed E-state index contributed by atoms with van der Waals surface area (Å²) < 4.78 is 90.2. The molecular weight excluding hydrogens is 747 g/mol. The van der Waals surface area contributed by atoms with Crippen molar-refractivity contribution in [3.63, 3.8) is 0 Å². The Morgan fingerprint density at radius 3 is 2.47 bits per heavy atom. The zero-order valence-corrected chi connectivity index (χ0v) is 32.7. The van der Waals surface area contributed by atoms with Crippen molar-refractivity contribution in [3.8, 4) is 23.2 Å². The molecule has 3 atom stereocenters. The van der Waals surface area contributed by atoms with Crippen LogP contribution in [0.5, 0.6) is 6.01 Å². The molecule has 3 aliphatic heterocycles. The number of hydrogen-bond donors (Lipinski definition) is 2. The number of nitrogen functional groups attached to an aromatic ring is 1. The number of carbonyl (C=O) groups is 1. The number of anilines is 2. The average Bonchev–Trinajstić information content (AvgIpc) is 3.94. The Balaban J connectivity index is 0.000000246. The van der Waals surface area contributed by atoms with E-state index in [-0.39, 0.29) is 50.0 Å². The molecule has 3 N–H and O–H groups in total. The lowest BCUT2D eigenvalue weighted by Crippen LogP contribution is -2.36. The summed E-state index contributed by atoms with van der Waals surface area (Å²) in [6.07, 6.45) is 1.12. The number of halogens is 6. The van der Waals surface area contributed by atoms with Crippen LogP contribution in [0.3, 0.4) is 0 Å². The number of carbonyl (C=O) groups excluding carboxylic acids is 1. The van der Waals surface area contributed by atoms with Crippen LogP contribution in [-0.2, 0) is 11.0 Å². The normalized spacial score (nSPS) is 19.2. The molecule has 300 valence electrons. The molecular formula is C38H48F6N8O2S. The molecule has 3 saturated heterocycles. The molecule has 2 aromatic carbocycles. The van der Waals surface area contributed by atoms with Gasteiger partial charge >= 0.3 is 12.2 Å². The number of fused-ring (bicyclic) bond motifs is 3. The summed E-state index contributed by atoms with van der Waals surface area (Å²) in [7, 11) is 5.32. The van der Waals surface area contributed by atoms with Gasteiger partial charge in [0.1, 0.15) is 34.4 Å². The first-order valence-corrected chi connectivity index (χ1v) is 19.1. The van der Waals surface area contributed by atoms with Crippen molar-refractivity contribution in [2.24, 2.45) is 0 Å². The van der Waals surface area contributed by atoms with Gasteiger partial charge in [-0.15, -0.1) is 11.3 Å². The van der Waals surface area contributed by atoms with Gasteiger partial charge in [-0.1, -0.05) is 19.9 Å². The minimum absolute atomic E-state index is 0.0444. The smallest absolute Gasteiger partial charge is 0.417 e. The SMILES string of the molecule is CC.CCNc1nc(OC)nc2c(F)c(-c3ccc(F)c4sc(N)c(C#N)c34)c(C(F)(F)F)cc12.CN(C)CC1CCCN1C=O.FC1CC2CCCN2C1. The summed E-state index contributed by atoms with van der Waals surface area (Å²) in [5.41, 5.74) is 2.59. The van der Waals surface area contributed by atoms with Gasteiger partial charge in [0, 0.05) is 54.6 Å². The van der Waals surface area contributed by atoms with Crippen LogP contribution in [0.1, 0.15) is 64.0 Å². The maximum Gasteiger partial charge on any atom is 0.417 e. The van der Waals surface area contributed by atoms with Gasteiger partial charge in [-0.3, -0.25) is 9.69 Å². The van der Waals surface area contributed by atoms with Crippen LogP contribution >= 0.6 is 11.3 Å². The molecule has 0 spiro atoms. The number of thiophene rings is 1. The van der Waals surface area contributed by atoms with E-state index in [1.165, 1.54) is 20.0 Å². The van der Waals surface area contributed by atoms with Crippen molar-refractivity contribution in [1.82, 2.24) is 24.7 Å². The van der Waals surface area contributed by atoms with Gasteiger partial charge in [0.05, 0.1) is 22.9 Å². The Hall–Kier alpha value is -4.40. The number of alkyl halides is 4. The Bertz CT molecular complexity index is 1970. The standard InChI is InChI=1S/C21H14F5N5OS.C8H16N2O.C7H12FN.C2H6/c1-3-29-19-9-6-11(21(24,25)26)14(15(23)16(9)30-20(31-19)32-2)8-4-5-12(22)17-13(8)10(7-27)18(28)33-17;1-9(2)6-8-4-3-5-10(8)7-11;8-6-4-7-2-1-3-9(7)5-6;1-2/h4-6H,3,28H2,1-2H3,(H,29,30,31);7-8H,3-6H2,1-2H3;6-7H,1-5H2;1-2H3. The number of nitriles is 1. The summed E-state index contributed by atoms with van der Waals surface area (Å²) in [5.74, 6) is -2.15. The predicted molar refractivity (Wildman–Crippen MR) is 205 cm³/mol. The summed E-state index contributed by atoms with van der Waals surface area (Å²) in [4.78, 5) is 24.7. The Morgan fingerprint density at radius 2 is 1.87 bits per heavy atom. The van der Waals surface area contributed by atoms with Gasteiger partial charge < -0.3 is 25.6 Å². The zero-order valence-electron chi connectivity index (χ0n) is 31.9. The van der Waals surface area contributed by atoms with Crippen molar-refractivity contribution < 1.29 is 35.9 Å². The molecule has 7 rings (SSSR count). The highest BCUT2D eigenvalue weighted by molar-refractivity contribution is 7.23. The predicted octanol–water partition coefficient (Wildman–Crippen LogP) is 8.09. The molecule has 55 heavy (non-hydrogen) atoms. The molecule has 17 heteroatoms. The molecule has 10 nitrogen and oxygen atoms in total. The third-order valence-corrected chi connectivity index (χ3v) is 10.6. The van der Waals surface area contributed by atoms with E-state index in [9.17, 15) is 32.0 Å². The molecule has 3 fully saturated rings. The van der Waals surface area contributed by atoms with E-state index in [0.717, 1.165) is 63.5 Å². The number of rotatable bonds is 7. The highest BCUT2D eigenvalue weighted by atomic mass is 32.1. The van der Waals surface area contributed by atoms with Gasteiger partial charge in [0.25, 0.3) is 0 Å². The summed E-state index contributed by atoms with van der Waals surface area (Å²) in [5, 5.41) is 11.8. The van der Waals surface area contributed by atoms with Gasteiger partial charge in [-0.25, -0.2) is 13.2 Å². The van der Waals surface area contributed by atoms with Crippen LogP contribution < -0.4 is 15.8 Å². The molecule has 3 aliphatic rings. The summed E-state index contributed by atoms with van der Waals surface area (Å²) in [6.45, 7) is 9.78. The van der Waals surface area contributed by atoms with Crippen LogP contribution in [0.15, 0.2) is 18.2 Å². The van der Waals surface area contributed by atoms with Gasteiger partial charge in [0.15, 0.2) is 5.82 Å². The van der Waals surface area contributed by atoms with Gasteiger partial charge in [-0.05, 0) is 77.4 Å². The first kappa shape index (κ1) is 43.3. The first-order valence-electron chi connectivity index (χ1n) is 18.3. The number of aromatic nitrogens is 2. The molecule has 0 saturated carbocycles. The molecule has 4 aromatic rings. The summed E-state index contributed by atoms with van der Waals surface area (Å²) in [6, 6.07) is 5.21. The van der Waals surface area contributed by atoms with Crippen LogP contribution in [-0.4, -0.2) is 103 Å². The number of methoxy groups -OCH3 is 1. The Kier molecular flexibility index (Phi) is 14.9. The molecule has 0 aliphatic carbocycles. The van der Waals surface area contributed by atoms with E-state index in [2.05, 4.69) is 25.1 Å². The Labute approximate surface area is 321 Å². The molecule has 0 bridgehead atoms. The van der Waals surface area contributed by atoms with Crippen LogP contribution in [0.2, 0.25) is 0 Å². The third kappa shape index (κ3) is 9.71. The van der Waals surface area contributed by atoms with Crippen molar-refractivity contribution in [3.05, 3.63) is 41.0 Å². The number of hydrogen-bond acceptors (Lipinski definition) is 10. The molecule has 5 heterocycles. The number of ether oxygens (including phenoxy) is 1. The maximum absolute atomic E-state index is 15.9. The maximum atomic E-state index is 15.9. The lowest BCUT2D eigenvalue weighted by molar-refractivity contribution is -0.137. The number of likely N-dealkylation sites (N-methyl/N-ethyl adjacent to an activating group) is 1. The van der Waals surface area contributed by atoms with E-state index < -0.39 is 40.6 Å². The topological polar surface area (TPSA) is 124 Å². The number of likely N-dealkylation sites (tertiary alicyclic amines) is 1. The van der Waals surface area contributed by atoms with Crippen molar-refractivity contribution in [1.29, 1.82) is 5.26 Å². The van der Waals surface area contributed by atoms with Crippen LogP contribution in [0.25, 0.3) is 32.1 Å². The fourth-order valence-electron chi connectivity index (χ4n) is 7.24. The highest BCUT2D eigenvalue weighted by Gasteiger charge is 2.38. The van der Waals surface area contributed by atoms with Crippen LogP contribution in [0.4, 0.5) is 37.2 Å². The summed E-state index contributed by atoms with van der Waals surface area (Å²) >= 11 is 0.698. The number of nitrogens with one attached hydrogen (secondary N) is 1. The second-order valence-corrected chi connectivity index (χ2v) is 14.4. The first-order chi connectivity index (χ1) is 26.2. The van der Waals surface area contributed by atoms with E-state index in [0.29, 0.717) is 30.0 Å². The number of nitrogens with zero attached hydrogens (tertiary/aromatic N) is 6. The average molecular weight is 795 g/mol. The van der Waals surface area contributed by atoms with Crippen molar-refractivity contribution in [2.45, 2.75) is 77.3 Å². The molecule has 3 unspecified atom stereocenters. The van der Waals surface area contributed by atoms with E-state index in [1.807, 2.05) is 32.8 Å². The van der Waals surface area contributed by atoms with Crippen molar-refractivity contribution >= 4 is 49.6 Å². The third-order valence-electron chi connectivity index (χ3n) is 9.54. The largest absolute Gasteiger partial charge is 0.467 e. The Morgan fingerprint density at radius 1 is 1.16 bits per heavy atom. The fraction of sp³-hybridized carbons (Fsp3) is 0.526. The van der Waals surface area contributed by atoms with Crippen molar-refractivity contribution in [2.75, 3.05) is 65.0 Å². The second-order valence-electron chi connectivity index (χ2n) is 13.4. The molecule has 1 amide bonds. The highest BCUT2D eigenvalue weighted by Crippen LogP contribution is 2.47. The van der Waals surface area contributed by atoms with E-state index >= 15 is 4.39 Å². The minimum Gasteiger partial charge on any atom is -0.467 e. The number of benzene rings is 2. The number of nitrogens with two attached hydrogens (primary N) is 1.